The zero-order chi connectivity index (χ0) is 24.1. The van der Waals surface area contributed by atoms with Gasteiger partial charge in [-0.25, -0.2) is 13.2 Å². The van der Waals surface area contributed by atoms with E-state index in [0.717, 1.165) is 25.7 Å². The lowest BCUT2D eigenvalue weighted by molar-refractivity contribution is 0.302. The summed E-state index contributed by atoms with van der Waals surface area (Å²) in [6.07, 6.45) is 5.57. The van der Waals surface area contributed by atoms with Crippen LogP contribution in [0, 0.1) is 23.4 Å². The molecule has 0 unspecified atom stereocenters. The summed E-state index contributed by atoms with van der Waals surface area (Å²) in [5.41, 5.74) is 1.92. The van der Waals surface area contributed by atoms with E-state index in [1.807, 2.05) is 6.08 Å². The monoisotopic (exact) mass is 466 g/mol. The van der Waals surface area contributed by atoms with Gasteiger partial charge in [-0.3, -0.25) is 0 Å². The predicted molar refractivity (Wildman–Crippen MR) is 129 cm³/mol. The van der Waals surface area contributed by atoms with Gasteiger partial charge in [-0.05, 0) is 85.4 Å². The van der Waals surface area contributed by atoms with Crippen molar-refractivity contribution in [3.8, 4) is 22.6 Å². The molecule has 5 heteroatoms. The number of benzene rings is 3. The van der Waals surface area contributed by atoms with Crippen LogP contribution in [0.3, 0.4) is 0 Å². The van der Waals surface area contributed by atoms with E-state index in [4.69, 9.17) is 9.47 Å². The Bertz CT molecular complexity index is 1130. The van der Waals surface area contributed by atoms with Crippen LogP contribution in [0.4, 0.5) is 13.2 Å². The Kier molecular flexibility index (Phi) is 7.61. The Labute approximate surface area is 199 Å². The smallest absolute Gasteiger partial charge is 0.166 e. The molecule has 0 amide bonds. The van der Waals surface area contributed by atoms with Crippen molar-refractivity contribution < 1.29 is 22.6 Å². The number of hydrogen-bond acceptors (Lipinski definition) is 2. The molecular weight excluding hydrogens is 437 g/mol. The molecule has 4 rings (SSSR count). The fraction of sp³-hybridized carbons (Fsp3) is 0.310. The Hall–Kier alpha value is -3.21. The molecule has 3 aromatic rings. The third kappa shape index (κ3) is 5.30. The van der Waals surface area contributed by atoms with Crippen LogP contribution in [-0.2, 0) is 6.61 Å². The normalized spacial score (nSPS) is 17.9. The summed E-state index contributed by atoms with van der Waals surface area (Å²) in [6.45, 7) is 6.20. The van der Waals surface area contributed by atoms with E-state index in [-0.39, 0.29) is 23.8 Å². The molecule has 0 bridgehead atoms. The van der Waals surface area contributed by atoms with E-state index in [1.165, 1.54) is 6.07 Å². The second-order valence-electron chi connectivity index (χ2n) is 8.69. The molecule has 0 atom stereocenters. The Balaban J connectivity index is 1.43. The topological polar surface area (TPSA) is 18.5 Å². The number of hydrogen-bond donors (Lipinski definition) is 0. The quantitative estimate of drug-likeness (QED) is 0.312. The van der Waals surface area contributed by atoms with Gasteiger partial charge in [0.1, 0.15) is 12.4 Å². The zero-order valence-corrected chi connectivity index (χ0v) is 19.3. The van der Waals surface area contributed by atoms with Crippen molar-refractivity contribution in [3.05, 3.63) is 95.8 Å². The van der Waals surface area contributed by atoms with Gasteiger partial charge in [-0.1, -0.05) is 36.4 Å². The first-order valence-corrected chi connectivity index (χ1v) is 11.7. The van der Waals surface area contributed by atoms with Crippen LogP contribution in [0.15, 0.2) is 67.3 Å². The molecule has 34 heavy (non-hydrogen) atoms. The van der Waals surface area contributed by atoms with Crippen molar-refractivity contribution >= 4 is 0 Å². The summed E-state index contributed by atoms with van der Waals surface area (Å²) in [6, 6.07) is 14.9. The molecule has 0 heterocycles. The first kappa shape index (κ1) is 23.9. The molecule has 0 aliphatic heterocycles. The minimum atomic E-state index is -0.818. The van der Waals surface area contributed by atoms with Crippen LogP contribution in [0.25, 0.3) is 11.1 Å². The Morgan fingerprint density at radius 3 is 2.26 bits per heavy atom. The van der Waals surface area contributed by atoms with Crippen LogP contribution < -0.4 is 9.47 Å². The summed E-state index contributed by atoms with van der Waals surface area (Å²) >= 11 is 0. The maximum absolute atomic E-state index is 15.0. The van der Waals surface area contributed by atoms with Crippen LogP contribution in [-0.4, -0.2) is 6.61 Å². The van der Waals surface area contributed by atoms with Crippen molar-refractivity contribution in [2.75, 3.05) is 6.61 Å². The lowest BCUT2D eigenvalue weighted by atomic mass is 9.78. The average molecular weight is 467 g/mol. The van der Waals surface area contributed by atoms with Crippen molar-refractivity contribution in [2.45, 2.75) is 45.1 Å². The molecule has 0 radical (unpaired) electrons. The summed E-state index contributed by atoms with van der Waals surface area (Å²) in [7, 11) is 0. The standard InChI is InChI=1S/C29H29F3O2/c1-3-19-5-8-21(9-6-19)24-14-15-25(29(32)28(24)31)22-10-12-23(13-11-22)34-18-20-7-16-27(33-4-2)26(30)17-20/h3,7,10-17,19,21H,1,4-6,8-9,18H2,2H3. The molecule has 0 saturated heterocycles. The van der Waals surface area contributed by atoms with Crippen LogP contribution in [0.5, 0.6) is 11.5 Å². The van der Waals surface area contributed by atoms with Crippen molar-refractivity contribution in [2.24, 2.45) is 5.92 Å². The van der Waals surface area contributed by atoms with Gasteiger partial charge >= 0.3 is 0 Å². The first-order chi connectivity index (χ1) is 16.5. The SMILES string of the molecule is C=CC1CCC(c2ccc(-c3ccc(OCc4ccc(OCC)c(F)c4)cc3)c(F)c2F)CC1. The Morgan fingerprint density at radius 2 is 1.62 bits per heavy atom. The van der Waals surface area contributed by atoms with Crippen LogP contribution >= 0.6 is 0 Å². The minimum absolute atomic E-state index is 0.0444. The highest BCUT2D eigenvalue weighted by Crippen LogP contribution is 2.39. The number of ether oxygens (including phenoxy) is 2. The summed E-state index contributed by atoms with van der Waals surface area (Å²) < 4.78 is 54.9. The van der Waals surface area contributed by atoms with Gasteiger partial charge < -0.3 is 9.47 Å². The molecule has 1 fully saturated rings. The van der Waals surface area contributed by atoms with Gasteiger partial charge in [0, 0.05) is 5.56 Å². The first-order valence-electron chi connectivity index (χ1n) is 11.7. The van der Waals surface area contributed by atoms with Crippen molar-refractivity contribution in [1.82, 2.24) is 0 Å². The lowest BCUT2D eigenvalue weighted by Crippen LogP contribution is -2.13. The molecule has 1 saturated carbocycles. The highest BCUT2D eigenvalue weighted by atomic mass is 19.2. The Morgan fingerprint density at radius 1 is 0.882 bits per heavy atom. The maximum atomic E-state index is 15.0. The maximum Gasteiger partial charge on any atom is 0.166 e. The highest BCUT2D eigenvalue weighted by molar-refractivity contribution is 5.65. The van der Waals surface area contributed by atoms with E-state index in [9.17, 15) is 13.2 Å². The van der Waals surface area contributed by atoms with Crippen molar-refractivity contribution in [1.29, 1.82) is 0 Å². The van der Waals surface area contributed by atoms with Gasteiger partial charge in [0.05, 0.1) is 6.61 Å². The fourth-order valence-corrected chi connectivity index (χ4v) is 4.57. The number of allylic oxidation sites excluding steroid dienone is 1. The molecule has 3 aromatic carbocycles. The molecule has 2 nitrogen and oxygen atoms in total. The largest absolute Gasteiger partial charge is 0.491 e. The van der Waals surface area contributed by atoms with Crippen LogP contribution in [0.1, 0.15) is 49.7 Å². The van der Waals surface area contributed by atoms with Gasteiger partial charge in [0.25, 0.3) is 0 Å². The number of rotatable bonds is 8. The van der Waals surface area contributed by atoms with E-state index in [0.29, 0.717) is 35.0 Å². The van der Waals surface area contributed by atoms with E-state index >= 15 is 0 Å². The molecule has 178 valence electrons. The fourth-order valence-electron chi connectivity index (χ4n) is 4.57. The molecule has 1 aliphatic carbocycles. The zero-order valence-electron chi connectivity index (χ0n) is 19.3. The summed E-state index contributed by atoms with van der Waals surface area (Å²) in [5, 5.41) is 0. The van der Waals surface area contributed by atoms with Crippen LogP contribution in [0.2, 0.25) is 0 Å². The van der Waals surface area contributed by atoms with Gasteiger partial charge in [0.2, 0.25) is 0 Å². The third-order valence-corrected chi connectivity index (χ3v) is 6.52. The summed E-state index contributed by atoms with van der Waals surface area (Å²) in [4.78, 5) is 0. The van der Waals surface area contributed by atoms with E-state index in [1.54, 1.807) is 55.5 Å². The number of halogens is 3. The molecular formula is C29H29F3O2. The second-order valence-corrected chi connectivity index (χ2v) is 8.69. The molecule has 0 spiro atoms. The van der Waals surface area contributed by atoms with Gasteiger partial charge in [-0.15, -0.1) is 6.58 Å². The van der Waals surface area contributed by atoms with Gasteiger partial charge in [0.15, 0.2) is 23.2 Å². The van der Waals surface area contributed by atoms with E-state index < -0.39 is 17.5 Å². The van der Waals surface area contributed by atoms with Gasteiger partial charge in [-0.2, -0.15) is 0 Å². The lowest BCUT2D eigenvalue weighted by Gasteiger charge is -2.27. The summed E-state index contributed by atoms with van der Waals surface area (Å²) in [5.74, 6) is -0.734. The molecule has 0 aromatic heterocycles. The predicted octanol–water partition coefficient (Wildman–Crippen LogP) is 8.21. The van der Waals surface area contributed by atoms with Crippen molar-refractivity contribution in [3.63, 3.8) is 0 Å². The second kappa shape index (κ2) is 10.8. The third-order valence-electron chi connectivity index (χ3n) is 6.52. The molecule has 1 aliphatic rings. The highest BCUT2D eigenvalue weighted by Gasteiger charge is 2.25. The van der Waals surface area contributed by atoms with E-state index in [2.05, 4.69) is 6.58 Å². The average Bonchev–Trinajstić information content (AvgIpc) is 2.86. The molecule has 0 N–H and O–H groups in total. The minimum Gasteiger partial charge on any atom is -0.491 e.